The lowest BCUT2D eigenvalue weighted by Crippen LogP contribution is -2.46. The minimum atomic E-state index is -1.65. The molecular formula is C31H32F2N2O5. The Morgan fingerprint density at radius 3 is 2.25 bits per heavy atom. The van der Waals surface area contributed by atoms with Crippen LogP contribution < -0.4 is 9.47 Å². The fraction of sp³-hybridized carbons (Fsp3) is 0.355. The molecule has 0 aromatic heterocycles. The van der Waals surface area contributed by atoms with Crippen LogP contribution >= 0.6 is 0 Å². The summed E-state index contributed by atoms with van der Waals surface area (Å²) in [5.74, 6) is -1.45. The van der Waals surface area contributed by atoms with E-state index in [1.165, 1.54) is 43.5 Å². The molecule has 1 saturated heterocycles. The van der Waals surface area contributed by atoms with Gasteiger partial charge in [-0.15, -0.1) is 0 Å². The molecule has 0 spiro atoms. The van der Waals surface area contributed by atoms with E-state index in [9.17, 15) is 23.9 Å². The van der Waals surface area contributed by atoms with E-state index in [-0.39, 0.29) is 23.1 Å². The Bertz CT molecular complexity index is 1300. The zero-order valence-corrected chi connectivity index (χ0v) is 22.2. The average Bonchev–Trinajstić information content (AvgIpc) is 2.97. The SMILES string of the molecule is COc1cc(C(O)C(=O)O)ccc1OCCCN1CCCC(C(C#N)(c2ccc(F)cc2)c2ccc(F)cc2)C1. The van der Waals surface area contributed by atoms with Crippen molar-refractivity contribution in [2.75, 3.05) is 33.4 Å². The van der Waals surface area contributed by atoms with Crippen LogP contribution in [0.5, 0.6) is 11.5 Å². The third kappa shape index (κ3) is 6.24. The Morgan fingerprint density at radius 2 is 1.70 bits per heavy atom. The number of likely N-dealkylation sites (tertiary alicyclic amines) is 1. The number of carboxylic acid groups (broad SMARTS) is 1. The monoisotopic (exact) mass is 550 g/mol. The van der Waals surface area contributed by atoms with Gasteiger partial charge in [0.05, 0.1) is 19.8 Å². The highest BCUT2D eigenvalue weighted by molar-refractivity contribution is 5.74. The maximum absolute atomic E-state index is 13.8. The summed E-state index contributed by atoms with van der Waals surface area (Å²) in [7, 11) is 1.44. The number of halogens is 2. The molecule has 1 fully saturated rings. The van der Waals surface area contributed by atoms with Gasteiger partial charge in [0.15, 0.2) is 17.6 Å². The molecule has 2 N–H and O–H groups in total. The highest BCUT2D eigenvalue weighted by Crippen LogP contribution is 2.43. The topological polar surface area (TPSA) is 103 Å². The lowest BCUT2D eigenvalue weighted by Gasteiger charge is -2.42. The average molecular weight is 551 g/mol. The predicted octanol–water partition coefficient (Wildman–Crippen LogP) is 5.08. The largest absolute Gasteiger partial charge is 0.493 e. The number of carboxylic acids is 1. The molecule has 0 radical (unpaired) electrons. The summed E-state index contributed by atoms with van der Waals surface area (Å²) >= 11 is 0. The Labute approximate surface area is 232 Å². The van der Waals surface area contributed by atoms with Gasteiger partial charge in [-0.2, -0.15) is 5.26 Å². The summed E-state index contributed by atoms with van der Waals surface area (Å²) in [5.41, 5.74) is 0.495. The van der Waals surface area contributed by atoms with Gasteiger partial charge in [0, 0.05) is 13.1 Å². The first-order valence-electron chi connectivity index (χ1n) is 13.2. The minimum absolute atomic E-state index is 0.101. The number of nitriles is 1. The minimum Gasteiger partial charge on any atom is -0.493 e. The second-order valence-corrected chi connectivity index (χ2v) is 9.93. The maximum atomic E-state index is 13.8. The molecule has 3 aromatic carbocycles. The number of aliphatic hydroxyl groups excluding tert-OH is 1. The maximum Gasteiger partial charge on any atom is 0.337 e. The number of rotatable bonds is 11. The van der Waals surface area contributed by atoms with E-state index < -0.39 is 17.5 Å². The van der Waals surface area contributed by atoms with Gasteiger partial charge < -0.3 is 24.6 Å². The molecule has 3 aromatic rings. The molecule has 1 aliphatic rings. The fourth-order valence-corrected chi connectivity index (χ4v) is 5.48. The number of methoxy groups -OCH3 is 1. The molecule has 1 aliphatic heterocycles. The number of hydrogen-bond acceptors (Lipinski definition) is 6. The zero-order chi connectivity index (χ0) is 28.7. The summed E-state index contributed by atoms with van der Waals surface area (Å²) in [5, 5.41) is 29.4. The van der Waals surface area contributed by atoms with Crippen LogP contribution in [0.2, 0.25) is 0 Å². The van der Waals surface area contributed by atoms with Crippen molar-refractivity contribution >= 4 is 5.97 Å². The second kappa shape index (κ2) is 12.9. The third-order valence-corrected chi connectivity index (χ3v) is 7.51. The van der Waals surface area contributed by atoms with Gasteiger partial charge in [0.2, 0.25) is 0 Å². The van der Waals surface area contributed by atoms with Crippen LogP contribution in [0.1, 0.15) is 42.1 Å². The molecule has 1 heterocycles. The van der Waals surface area contributed by atoms with Crippen molar-refractivity contribution in [2.45, 2.75) is 30.8 Å². The van der Waals surface area contributed by atoms with Gasteiger partial charge in [-0.05, 0) is 84.8 Å². The molecule has 0 amide bonds. The number of hydrogen-bond donors (Lipinski definition) is 2. The van der Waals surface area contributed by atoms with Crippen molar-refractivity contribution in [1.82, 2.24) is 4.90 Å². The first kappa shape index (κ1) is 29.0. The van der Waals surface area contributed by atoms with Crippen molar-refractivity contribution < 1.29 is 33.3 Å². The zero-order valence-electron chi connectivity index (χ0n) is 22.2. The van der Waals surface area contributed by atoms with E-state index in [0.717, 1.165) is 19.4 Å². The van der Waals surface area contributed by atoms with Crippen LogP contribution in [0.15, 0.2) is 66.7 Å². The summed E-state index contributed by atoms with van der Waals surface area (Å²) in [6.45, 7) is 2.57. The van der Waals surface area contributed by atoms with Crippen molar-refractivity contribution in [3.63, 3.8) is 0 Å². The molecule has 0 saturated carbocycles. The van der Waals surface area contributed by atoms with Crippen LogP contribution in [-0.2, 0) is 10.2 Å². The number of piperidine rings is 1. The van der Waals surface area contributed by atoms with Crippen LogP contribution in [0, 0.1) is 28.9 Å². The van der Waals surface area contributed by atoms with E-state index in [2.05, 4.69) is 11.0 Å². The summed E-state index contributed by atoms with van der Waals surface area (Å²) < 4.78 is 38.7. The van der Waals surface area contributed by atoms with Gasteiger partial charge >= 0.3 is 5.97 Å². The van der Waals surface area contributed by atoms with Gasteiger partial charge in [0.1, 0.15) is 17.0 Å². The van der Waals surface area contributed by atoms with E-state index >= 15 is 0 Å². The van der Waals surface area contributed by atoms with Gasteiger partial charge in [0.25, 0.3) is 0 Å². The molecule has 0 aliphatic carbocycles. The molecule has 4 rings (SSSR count). The van der Waals surface area contributed by atoms with Crippen molar-refractivity contribution in [1.29, 1.82) is 5.26 Å². The Balaban J connectivity index is 1.45. The standard InChI is InChI=1S/C31H32F2N2O5/c1-39-28-18-21(29(36)30(37)38)5-14-27(28)40-17-3-16-35-15-2-4-24(19-35)31(20-34,22-6-10-25(32)11-7-22)23-8-12-26(33)13-9-23/h5-14,18,24,29,36H,2-4,15-17,19H2,1H3,(H,37,38). The molecule has 2 unspecified atom stereocenters. The van der Waals surface area contributed by atoms with Crippen LogP contribution in [0.3, 0.4) is 0 Å². The third-order valence-electron chi connectivity index (χ3n) is 7.51. The van der Waals surface area contributed by atoms with Gasteiger partial charge in [-0.25, -0.2) is 13.6 Å². The summed E-state index contributed by atoms with van der Waals surface area (Å²) in [6, 6.07) is 19.0. The normalized spacial score (nSPS) is 16.6. The highest BCUT2D eigenvalue weighted by Gasteiger charge is 2.44. The molecule has 2 atom stereocenters. The summed E-state index contributed by atoms with van der Waals surface area (Å²) in [6.07, 6.45) is 0.696. The number of ether oxygens (including phenoxy) is 2. The Morgan fingerprint density at radius 1 is 1.07 bits per heavy atom. The van der Waals surface area contributed by atoms with Gasteiger partial charge in [-0.3, -0.25) is 0 Å². The highest BCUT2D eigenvalue weighted by atomic mass is 19.1. The second-order valence-electron chi connectivity index (χ2n) is 9.93. The molecule has 0 bridgehead atoms. The molecule has 7 nitrogen and oxygen atoms in total. The molecule has 210 valence electrons. The van der Waals surface area contributed by atoms with Crippen LogP contribution in [0.4, 0.5) is 8.78 Å². The van der Waals surface area contributed by atoms with E-state index in [0.29, 0.717) is 48.7 Å². The van der Waals surface area contributed by atoms with E-state index in [1.54, 1.807) is 30.3 Å². The van der Waals surface area contributed by atoms with Crippen molar-refractivity contribution in [2.24, 2.45) is 5.92 Å². The number of carbonyl (C=O) groups is 1. The number of nitrogens with zero attached hydrogens (tertiary/aromatic N) is 2. The molecule has 9 heteroatoms. The number of aliphatic carboxylic acids is 1. The smallest absolute Gasteiger partial charge is 0.337 e. The quantitative estimate of drug-likeness (QED) is 0.321. The molecular weight excluding hydrogens is 518 g/mol. The van der Waals surface area contributed by atoms with Crippen LogP contribution in [-0.4, -0.2) is 54.4 Å². The number of benzene rings is 3. The fourth-order valence-electron chi connectivity index (χ4n) is 5.48. The summed E-state index contributed by atoms with van der Waals surface area (Å²) in [4.78, 5) is 13.3. The lowest BCUT2D eigenvalue weighted by molar-refractivity contribution is -0.146. The molecule has 40 heavy (non-hydrogen) atoms. The Kier molecular flexibility index (Phi) is 9.35. The Hall–Kier alpha value is -4.00. The predicted molar refractivity (Wildman–Crippen MR) is 144 cm³/mol. The van der Waals surface area contributed by atoms with E-state index in [1.807, 2.05) is 0 Å². The van der Waals surface area contributed by atoms with Crippen LogP contribution in [0.25, 0.3) is 0 Å². The number of aliphatic hydroxyl groups is 1. The van der Waals surface area contributed by atoms with Crippen molar-refractivity contribution in [3.8, 4) is 17.6 Å². The van der Waals surface area contributed by atoms with E-state index in [4.69, 9.17) is 14.6 Å². The first-order chi connectivity index (χ1) is 19.3. The van der Waals surface area contributed by atoms with Crippen molar-refractivity contribution in [3.05, 3.63) is 95.1 Å². The lowest BCUT2D eigenvalue weighted by atomic mass is 9.64. The first-order valence-corrected chi connectivity index (χ1v) is 13.2. The van der Waals surface area contributed by atoms with Gasteiger partial charge in [-0.1, -0.05) is 30.3 Å².